The maximum atomic E-state index is 5.30. The number of hydrogen-bond acceptors (Lipinski definition) is 5. The lowest BCUT2D eigenvalue weighted by Gasteiger charge is -2.17. The Morgan fingerprint density at radius 1 is 1.29 bits per heavy atom. The van der Waals surface area contributed by atoms with Crippen molar-refractivity contribution < 1.29 is 4.74 Å². The Labute approximate surface area is 103 Å². The Morgan fingerprint density at radius 3 is 2.71 bits per heavy atom. The van der Waals surface area contributed by atoms with E-state index in [1.807, 2.05) is 25.1 Å². The van der Waals surface area contributed by atoms with Crippen molar-refractivity contribution in [2.24, 2.45) is 0 Å². The van der Waals surface area contributed by atoms with Crippen LogP contribution >= 0.6 is 0 Å². The van der Waals surface area contributed by atoms with Crippen LogP contribution in [0.15, 0.2) is 12.4 Å². The summed E-state index contributed by atoms with van der Waals surface area (Å²) in [7, 11) is 1.99. The molecule has 1 N–H and O–H groups in total. The number of nitrogens with zero attached hydrogens (tertiary/aromatic N) is 3. The molecule has 5 heteroatoms. The SMILES string of the molecule is CCNCc1cnc(N(C)CCOCC)cn1. The summed E-state index contributed by atoms with van der Waals surface area (Å²) in [6.07, 6.45) is 3.62. The number of ether oxygens (including phenoxy) is 1. The first-order valence-corrected chi connectivity index (χ1v) is 6.08. The van der Waals surface area contributed by atoms with Gasteiger partial charge in [-0.15, -0.1) is 0 Å². The summed E-state index contributed by atoms with van der Waals surface area (Å²) in [6, 6.07) is 0. The lowest BCUT2D eigenvalue weighted by molar-refractivity contribution is 0.154. The molecule has 0 radical (unpaired) electrons. The molecule has 0 amide bonds. The van der Waals surface area contributed by atoms with Crippen LogP contribution in [-0.4, -0.2) is 43.3 Å². The van der Waals surface area contributed by atoms with Gasteiger partial charge in [-0.25, -0.2) is 4.98 Å². The van der Waals surface area contributed by atoms with Gasteiger partial charge in [-0.1, -0.05) is 6.92 Å². The van der Waals surface area contributed by atoms with Crippen LogP contribution < -0.4 is 10.2 Å². The predicted molar refractivity (Wildman–Crippen MR) is 69.2 cm³/mol. The summed E-state index contributed by atoms with van der Waals surface area (Å²) in [5.74, 6) is 0.880. The van der Waals surface area contributed by atoms with Gasteiger partial charge in [-0.3, -0.25) is 4.98 Å². The van der Waals surface area contributed by atoms with Gasteiger partial charge >= 0.3 is 0 Å². The van der Waals surface area contributed by atoms with E-state index in [-0.39, 0.29) is 0 Å². The molecule has 1 heterocycles. The third-order valence-electron chi connectivity index (χ3n) is 2.41. The van der Waals surface area contributed by atoms with Crippen LogP contribution in [0.4, 0.5) is 5.82 Å². The molecule has 1 rings (SSSR count). The van der Waals surface area contributed by atoms with Crippen molar-refractivity contribution in [3.63, 3.8) is 0 Å². The van der Waals surface area contributed by atoms with E-state index in [1.165, 1.54) is 0 Å². The van der Waals surface area contributed by atoms with Gasteiger partial charge in [0.2, 0.25) is 0 Å². The summed E-state index contributed by atoms with van der Waals surface area (Å²) >= 11 is 0. The minimum Gasteiger partial charge on any atom is -0.380 e. The molecule has 1 aromatic rings. The Balaban J connectivity index is 2.43. The third kappa shape index (κ3) is 5.10. The fourth-order valence-corrected chi connectivity index (χ4v) is 1.35. The van der Waals surface area contributed by atoms with Crippen molar-refractivity contribution in [3.8, 4) is 0 Å². The molecule has 0 aromatic carbocycles. The summed E-state index contributed by atoms with van der Waals surface area (Å²) < 4.78 is 5.30. The summed E-state index contributed by atoms with van der Waals surface area (Å²) in [5.41, 5.74) is 0.966. The maximum Gasteiger partial charge on any atom is 0.146 e. The van der Waals surface area contributed by atoms with Gasteiger partial charge in [0.15, 0.2) is 0 Å². The predicted octanol–water partition coefficient (Wildman–Crippen LogP) is 1.06. The molecule has 5 nitrogen and oxygen atoms in total. The first-order valence-electron chi connectivity index (χ1n) is 6.08. The van der Waals surface area contributed by atoms with Gasteiger partial charge in [0, 0.05) is 26.7 Å². The summed E-state index contributed by atoms with van der Waals surface area (Å²) in [4.78, 5) is 10.8. The molecule has 0 aliphatic heterocycles. The topological polar surface area (TPSA) is 50.3 Å². The van der Waals surface area contributed by atoms with Crippen molar-refractivity contribution in [3.05, 3.63) is 18.1 Å². The molecule has 0 saturated heterocycles. The van der Waals surface area contributed by atoms with Gasteiger partial charge in [-0.05, 0) is 13.5 Å². The molecule has 1 aromatic heterocycles. The molecule has 0 fully saturated rings. The molecule has 0 bridgehead atoms. The average Bonchev–Trinajstić information content (AvgIpc) is 2.37. The van der Waals surface area contributed by atoms with E-state index in [0.29, 0.717) is 6.61 Å². The third-order valence-corrected chi connectivity index (χ3v) is 2.41. The Bertz CT molecular complexity index is 302. The van der Waals surface area contributed by atoms with Crippen LogP contribution in [0, 0.1) is 0 Å². The molecular weight excluding hydrogens is 216 g/mol. The number of likely N-dealkylation sites (N-methyl/N-ethyl adjacent to an activating group) is 1. The van der Waals surface area contributed by atoms with E-state index in [1.54, 1.807) is 6.20 Å². The molecule has 0 saturated carbocycles. The highest BCUT2D eigenvalue weighted by molar-refractivity contribution is 5.34. The molecular formula is C12H22N4O. The van der Waals surface area contributed by atoms with Crippen LogP contribution in [0.2, 0.25) is 0 Å². The van der Waals surface area contributed by atoms with Crippen molar-refractivity contribution in [2.45, 2.75) is 20.4 Å². The van der Waals surface area contributed by atoms with Gasteiger partial charge in [-0.2, -0.15) is 0 Å². The second kappa shape index (κ2) is 7.97. The average molecular weight is 238 g/mol. The lowest BCUT2D eigenvalue weighted by Crippen LogP contribution is -2.24. The Morgan fingerprint density at radius 2 is 2.12 bits per heavy atom. The first kappa shape index (κ1) is 13.9. The molecule has 0 spiro atoms. The van der Waals surface area contributed by atoms with Crippen molar-refractivity contribution in [1.29, 1.82) is 0 Å². The zero-order chi connectivity index (χ0) is 12.5. The van der Waals surface area contributed by atoms with Crippen LogP contribution in [0.5, 0.6) is 0 Å². The minimum atomic E-state index is 0.716. The van der Waals surface area contributed by atoms with E-state index in [0.717, 1.165) is 37.8 Å². The highest BCUT2D eigenvalue weighted by Gasteiger charge is 2.02. The number of rotatable bonds is 8. The molecule has 0 aliphatic carbocycles. The number of nitrogens with one attached hydrogen (secondary N) is 1. The quantitative estimate of drug-likeness (QED) is 0.686. The standard InChI is InChI=1S/C12H22N4O/c1-4-13-8-11-9-15-12(10-14-11)16(3)6-7-17-5-2/h9-10,13H,4-8H2,1-3H3. The first-order chi connectivity index (χ1) is 8.27. The van der Waals surface area contributed by atoms with Gasteiger partial charge in [0.1, 0.15) is 5.82 Å². The van der Waals surface area contributed by atoms with E-state index in [9.17, 15) is 0 Å². The van der Waals surface area contributed by atoms with Crippen molar-refractivity contribution >= 4 is 5.82 Å². The number of aromatic nitrogens is 2. The van der Waals surface area contributed by atoms with Crippen molar-refractivity contribution in [2.75, 3.05) is 38.3 Å². The fraction of sp³-hybridized carbons (Fsp3) is 0.667. The van der Waals surface area contributed by atoms with Crippen LogP contribution in [-0.2, 0) is 11.3 Å². The fourth-order valence-electron chi connectivity index (χ4n) is 1.35. The smallest absolute Gasteiger partial charge is 0.146 e. The van der Waals surface area contributed by atoms with E-state index >= 15 is 0 Å². The second-order valence-corrected chi connectivity index (χ2v) is 3.76. The largest absolute Gasteiger partial charge is 0.380 e. The molecule has 96 valence electrons. The van der Waals surface area contributed by atoms with Crippen LogP contribution in [0.1, 0.15) is 19.5 Å². The van der Waals surface area contributed by atoms with E-state index in [4.69, 9.17) is 4.74 Å². The maximum absolute atomic E-state index is 5.30. The van der Waals surface area contributed by atoms with Crippen LogP contribution in [0.3, 0.4) is 0 Å². The van der Waals surface area contributed by atoms with E-state index < -0.39 is 0 Å². The normalized spacial score (nSPS) is 10.5. The molecule has 0 unspecified atom stereocenters. The summed E-state index contributed by atoms with van der Waals surface area (Å²) in [6.45, 7) is 8.08. The highest BCUT2D eigenvalue weighted by atomic mass is 16.5. The molecule has 0 aliphatic rings. The lowest BCUT2D eigenvalue weighted by atomic mass is 10.4. The number of anilines is 1. The minimum absolute atomic E-state index is 0.716. The zero-order valence-corrected chi connectivity index (χ0v) is 10.9. The molecule has 0 atom stereocenters. The molecule has 17 heavy (non-hydrogen) atoms. The van der Waals surface area contributed by atoms with Gasteiger partial charge in [0.25, 0.3) is 0 Å². The van der Waals surface area contributed by atoms with Crippen LogP contribution in [0.25, 0.3) is 0 Å². The van der Waals surface area contributed by atoms with Crippen molar-refractivity contribution in [1.82, 2.24) is 15.3 Å². The van der Waals surface area contributed by atoms with Gasteiger partial charge in [0.05, 0.1) is 24.7 Å². The monoisotopic (exact) mass is 238 g/mol. The second-order valence-electron chi connectivity index (χ2n) is 3.76. The summed E-state index contributed by atoms with van der Waals surface area (Å²) in [5, 5.41) is 3.22. The zero-order valence-electron chi connectivity index (χ0n) is 10.9. The Kier molecular flexibility index (Phi) is 6.50. The number of hydrogen-bond donors (Lipinski definition) is 1. The van der Waals surface area contributed by atoms with Gasteiger partial charge < -0.3 is 15.0 Å². The highest BCUT2D eigenvalue weighted by Crippen LogP contribution is 2.06. The van der Waals surface area contributed by atoms with E-state index in [2.05, 4.69) is 22.2 Å². The Hall–Kier alpha value is -1.20.